The minimum absolute atomic E-state index is 0.234. The molecule has 3 aromatic heterocycles. The predicted octanol–water partition coefficient (Wildman–Crippen LogP) is 3.11. The fraction of sp³-hybridized carbons (Fsp3) is 0.400. The third-order valence-corrected chi connectivity index (χ3v) is 4.72. The van der Waals surface area contributed by atoms with Crippen LogP contribution in [0.4, 0.5) is 17.7 Å². The Labute approximate surface area is 164 Å². The topological polar surface area (TPSA) is 92.6 Å². The summed E-state index contributed by atoms with van der Waals surface area (Å²) in [7, 11) is 0. The van der Waals surface area contributed by atoms with Crippen molar-refractivity contribution in [2.75, 3.05) is 23.3 Å². The van der Waals surface area contributed by atoms with Gasteiger partial charge in [-0.05, 0) is 45.7 Å². The smallest absolute Gasteiger partial charge is 0.228 e. The van der Waals surface area contributed by atoms with Gasteiger partial charge in [0.2, 0.25) is 11.9 Å². The van der Waals surface area contributed by atoms with E-state index in [1.54, 1.807) is 12.4 Å². The largest absolute Gasteiger partial charge is 0.340 e. The van der Waals surface area contributed by atoms with Gasteiger partial charge in [0.15, 0.2) is 0 Å². The first-order chi connectivity index (χ1) is 13.6. The molecule has 1 aliphatic rings. The second-order valence-corrected chi connectivity index (χ2v) is 7.19. The lowest BCUT2D eigenvalue weighted by atomic mass is 9.97. The van der Waals surface area contributed by atoms with Crippen LogP contribution in [0.15, 0.2) is 30.6 Å². The molecule has 0 unspecified atom stereocenters. The zero-order chi connectivity index (χ0) is 19.5. The van der Waals surface area contributed by atoms with Crippen molar-refractivity contribution in [1.82, 2.24) is 29.9 Å². The van der Waals surface area contributed by atoms with Crippen LogP contribution in [0.5, 0.6) is 0 Å². The van der Waals surface area contributed by atoms with Crippen LogP contribution in [0.25, 0.3) is 0 Å². The number of hydrogen-bond acceptors (Lipinski definition) is 8. The van der Waals surface area contributed by atoms with Gasteiger partial charge in [0.25, 0.3) is 0 Å². The summed E-state index contributed by atoms with van der Waals surface area (Å²) in [6.45, 7) is 7.66. The summed E-state index contributed by atoms with van der Waals surface area (Å²) in [5, 5.41) is 3.24. The molecular formula is C20H24N8. The highest BCUT2D eigenvalue weighted by atomic mass is 15.3. The Morgan fingerprint density at radius 3 is 2.39 bits per heavy atom. The summed E-state index contributed by atoms with van der Waals surface area (Å²) in [5.41, 5.74) is 2.77. The van der Waals surface area contributed by atoms with E-state index < -0.39 is 0 Å². The lowest BCUT2D eigenvalue weighted by Gasteiger charge is -2.32. The average molecular weight is 376 g/mol. The molecule has 1 fully saturated rings. The fourth-order valence-corrected chi connectivity index (χ4v) is 3.56. The maximum Gasteiger partial charge on any atom is 0.228 e. The molecule has 4 rings (SSSR count). The molecular weight excluding hydrogens is 352 g/mol. The third kappa shape index (κ3) is 4.21. The molecule has 1 aliphatic heterocycles. The summed E-state index contributed by atoms with van der Waals surface area (Å²) < 4.78 is 0. The van der Waals surface area contributed by atoms with Gasteiger partial charge in [-0.25, -0.2) is 29.9 Å². The number of anilines is 3. The monoisotopic (exact) mass is 376 g/mol. The van der Waals surface area contributed by atoms with E-state index in [1.165, 1.54) is 0 Å². The van der Waals surface area contributed by atoms with Crippen molar-refractivity contribution >= 4 is 17.7 Å². The minimum atomic E-state index is 0.234. The summed E-state index contributed by atoms with van der Waals surface area (Å²) in [5.74, 6) is 3.12. The first kappa shape index (κ1) is 18.2. The molecule has 0 spiro atoms. The van der Waals surface area contributed by atoms with Crippen molar-refractivity contribution < 1.29 is 0 Å². The molecule has 1 atom stereocenters. The Morgan fingerprint density at radius 1 is 0.929 bits per heavy atom. The second kappa shape index (κ2) is 7.84. The van der Waals surface area contributed by atoms with Gasteiger partial charge in [0.05, 0.1) is 0 Å². The van der Waals surface area contributed by atoms with Crippen LogP contribution in [0.1, 0.15) is 41.7 Å². The molecule has 1 N–H and O–H groups in total. The van der Waals surface area contributed by atoms with E-state index in [0.29, 0.717) is 5.95 Å². The highest BCUT2D eigenvalue weighted by Crippen LogP contribution is 2.27. The van der Waals surface area contributed by atoms with Crippen LogP contribution in [-0.4, -0.2) is 43.0 Å². The predicted molar refractivity (Wildman–Crippen MR) is 108 cm³/mol. The lowest BCUT2D eigenvalue weighted by Crippen LogP contribution is -2.36. The zero-order valence-corrected chi connectivity index (χ0v) is 16.4. The van der Waals surface area contributed by atoms with Crippen molar-refractivity contribution in [3.8, 4) is 0 Å². The van der Waals surface area contributed by atoms with E-state index in [9.17, 15) is 0 Å². The van der Waals surface area contributed by atoms with E-state index in [4.69, 9.17) is 9.97 Å². The number of aryl methyl sites for hydroxylation is 3. The number of nitrogens with one attached hydrogen (secondary N) is 1. The quantitative estimate of drug-likeness (QED) is 0.742. The van der Waals surface area contributed by atoms with Crippen molar-refractivity contribution in [3.63, 3.8) is 0 Å². The molecule has 0 amide bonds. The maximum absolute atomic E-state index is 4.77. The van der Waals surface area contributed by atoms with Crippen molar-refractivity contribution in [2.24, 2.45) is 0 Å². The van der Waals surface area contributed by atoms with Crippen LogP contribution in [0.2, 0.25) is 0 Å². The van der Waals surface area contributed by atoms with Crippen LogP contribution in [0, 0.1) is 20.8 Å². The Balaban J connectivity index is 1.56. The first-order valence-electron chi connectivity index (χ1n) is 9.54. The van der Waals surface area contributed by atoms with Crippen LogP contribution in [-0.2, 0) is 0 Å². The van der Waals surface area contributed by atoms with E-state index in [2.05, 4.69) is 30.2 Å². The standard InChI is InChI=1S/C20H24N8/c1-13-10-14(2)25-19(24-13)27-17-11-15(3)23-18(26-17)16-6-4-9-28(12-16)20-21-7-5-8-22-20/h5,7-8,10-11,16H,4,6,9,12H2,1-3H3,(H,23,24,25,26,27)/t16-/m1/s1. The van der Waals surface area contributed by atoms with Gasteiger partial charge in [-0.3, -0.25) is 0 Å². The molecule has 8 nitrogen and oxygen atoms in total. The minimum Gasteiger partial charge on any atom is -0.340 e. The second-order valence-electron chi connectivity index (χ2n) is 7.19. The van der Waals surface area contributed by atoms with Gasteiger partial charge in [-0.2, -0.15) is 0 Å². The van der Waals surface area contributed by atoms with Gasteiger partial charge in [0.1, 0.15) is 11.6 Å². The molecule has 0 radical (unpaired) electrons. The summed E-state index contributed by atoms with van der Waals surface area (Å²) in [6.07, 6.45) is 5.66. The van der Waals surface area contributed by atoms with Gasteiger partial charge < -0.3 is 10.2 Å². The number of hydrogen-bond donors (Lipinski definition) is 1. The maximum atomic E-state index is 4.77. The van der Waals surface area contributed by atoms with Crippen LogP contribution >= 0.6 is 0 Å². The Kier molecular flexibility index (Phi) is 5.10. The average Bonchev–Trinajstić information content (AvgIpc) is 2.67. The molecule has 8 heteroatoms. The Bertz CT molecular complexity index is 939. The molecule has 0 aromatic carbocycles. The number of aromatic nitrogens is 6. The van der Waals surface area contributed by atoms with E-state index in [0.717, 1.165) is 60.6 Å². The summed E-state index contributed by atoms with van der Waals surface area (Å²) >= 11 is 0. The number of rotatable bonds is 4. The molecule has 144 valence electrons. The first-order valence-corrected chi connectivity index (χ1v) is 9.54. The van der Waals surface area contributed by atoms with Gasteiger partial charge in [0, 0.05) is 54.5 Å². The fourth-order valence-electron chi connectivity index (χ4n) is 3.56. The van der Waals surface area contributed by atoms with Gasteiger partial charge in [-0.15, -0.1) is 0 Å². The number of nitrogens with zero attached hydrogens (tertiary/aromatic N) is 7. The highest BCUT2D eigenvalue weighted by Gasteiger charge is 2.25. The summed E-state index contributed by atoms with van der Waals surface area (Å²) in [6, 6.07) is 5.71. The molecule has 0 saturated carbocycles. The third-order valence-electron chi connectivity index (χ3n) is 4.72. The molecule has 0 aliphatic carbocycles. The van der Waals surface area contributed by atoms with Crippen LogP contribution in [0.3, 0.4) is 0 Å². The van der Waals surface area contributed by atoms with Crippen molar-refractivity contribution in [3.05, 3.63) is 53.5 Å². The molecule has 3 aromatic rings. The normalized spacial score (nSPS) is 16.8. The summed E-state index contributed by atoms with van der Waals surface area (Å²) in [4.78, 5) is 29.3. The SMILES string of the molecule is Cc1cc(C)nc(Nc2cc(C)nc([C@@H]3CCCN(c4ncccn4)C3)n2)n1. The van der Waals surface area contributed by atoms with Gasteiger partial charge in [-0.1, -0.05) is 0 Å². The highest BCUT2D eigenvalue weighted by molar-refractivity contribution is 5.48. The molecule has 1 saturated heterocycles. The Hall–Kier alpha value is -3.16. The number of piperidine rings is 1. The van der Waals surface area contributed by atoms with E-state index >= 15 is 0 Å². The molecule has 28 heavy (non-hydrogen) atoms. The molecule has 4 heterocycles. The van der Waals surface area contributed by atoms with Gasteiger partial charge >= 0.3 is 0 Å². The zero-order valence-electron chi connectivity index (χ0n) is 16.4. The lowest BCUT2D eigenvalue weighted by molar-refractivity contribution is 0.485. The van der Waals surface area contributed by atoms with E-state index in [1.807, 2.05) is 39.0 Å². The van der Waals surface area contributed by atoms with E-state index in [-0.39, 0.29) is 5.92 Å². The Morgan fingerprint density at radius 2 is 1.64 bits per heavy atom. The van der Waals surface area contributed by atoms with Crippen LogP contribution < -0.4 is 10.2 Å². The van der Waals surface area contributed by atoms with Crippen molar-refractivity contribution in [1.29, 1.82) is 0 Å². The molecule has 0 bridgehead atoms. The van der Waals surface area contributed by atoms with Crippen molar-refractivity contribution in [2.45, 2.75) is 39.5 Å².